The number of oxazole rings is 1. The maximum absolute atomic E-state index is 6.51. The van der Waals surface area contributed by atoms with E-state index in [2.05, 4.69) is 9.97 Å². The molecule has 0 amide bonds. The summed E-state index contributed by atoms with van der Waals surface area (Å²) in [4.78, 5) is 8.55. The summed E-state index contributed by atoms with van der Waals surface area (Å²) >= 11 is 6.51. The standard InChI is InChI=1S/C17H17ClN2O4/c1-21-5-3-6-23-15-9-13-11(8-14(15)22-2)16(18)12(10-20-13)17-19-4-7-24-17/h4,7-10H,3,5-6H2,1-2H3. The Balaban J connectivity index is 1.98. The number of halogens is 1. The van der Waals surface area contributed by atoms with Gasteiger partial charge in [0, 0.05) is 37.8 Å². The molecule has 3 rings (SSSR count). The fourth-order valence-corrected chi connectivity index (χ4v) is 2.61. The van der Waals surface area contributed by atoms with Crippen molar-refractivity contribution in [3.05, 3.63) is 35.8 Å². The van der Waals surface area contributed by atoms with Crippen LogP contribution < -0.4 is 9.47 Å². The van der Waals surface area contributed by atoms with Gasteiger partial charge in [-0.3, -0.25) is 4.98 Å². The van der Waals surface area contributed by atoms with Gasteiger partial charge in [-0.15, -0.1) is 0 Å². The minimum Gasteiger partial charge on any atom is -0.493 e. The highest BCUT2D eigenvalue weighted by Gasteiger charge is 2.15. The van der Waals surface area contributed by atoms with Crippen molar-refractivity contribution in [1.82, 2.24) is 9.97 Å². The molecule has 0 bridgehead atoms. The molecule has 2 aromatic heterocycles. The number of pyridine rings is 1. The van der Waals surface area contributed by atoms with Crippen molar-refractivity contribution >= 4 is 22.5 Å². The van der Waals surface area contributed by atoms with Crippen molar-refractivity contribution in [3.63, 3.8) is 0 Å². The van der Waals surface area contributed by atoms with E-state index in [1.807, 2.05) is 12.1 Å². The van der Waals surface area contributed by atoms with Crippen molar-refractivity contribution < 1.29 is 18.6 Å². The molecular formula is C17H17ClN2O4. The van der Waals surface area contributed by atoms with E-state index < -0.39 is 0 Å². The molecule has 24 heavy (non-hydrogen) atoms. The number of aromatic nitrogens is 2. The first-order valence-electron chi connectivity index (χ1n) is 7.42. The monoisotopic (exact) mass is 348 g/mol. The summed E-state index contributed by atoms with van der Waals surface area (Å²) in [6.07, 6.45) is 5.48. The number of nitrogens with zero attached hydrogens (tertiary/aromatic N) is 2. The first kappa shape index (κ1) is 16.5. The molecule has 0 radical (unpaired) electrons. The molecule has 0 aliphatic carbocycles. The zero-order valence-electron chi connectivity index (χ0n) is 13.4. The van der Waals surface area contributed by atoms with Crippen LogP contribution in [0.4, 0.5) is 0 Å². The summed E-state index contributed by atoms with van der Waals surface area (Å²) in [6.45, 7) is 1.16. The van der Waals surface area contributed by atoms with Gasteiger partial charge >= 0.3 is 0 Å². The smallest absolute Gasteiger partial charge is 0.228 e. The summed E-state index contributed by atoms with van der Waals surface area (Å²) in [5, 5.41) is 1.25. The number of hydrogen-bond donors (Lipinski definition) is 0. The average Bonchev–Trinajstić information content (AvgIpc) is 3.13. The largest absolute Gasteiger partial charge is 0.493 e. The quantitative estimate of drug-likeness (QED) is 0.602. The van der Waals surface area contributed by atoms with Crippen LogP contribution >= 0.6 is 11.6 Å². The minimum atomic E-state index is 0.424. The van der Waals surface area contributed by atoms with E-state index in [0.717, 1.165) is 11.8 Å². The normalized spacial score (nSPS) is 11.0. The topological polar surface area (TPSA) is 66.6 Å². The molecule has 6 nitrogen and oxygen atoms in total. The van der Waals surface area contributed by atoms with Crippen LogP contribution in [0.3, 0.4) is 0 Å². The van der Waals surface area contributed by atoms with Crippen LogP contribution in [0.5, 0.6) is 11.5 Å². The lowest BCUT2D eigenvalue weighted by molar-refractivity contribution is 0.170. The van der Waals surface area contributed by atoms with Crippen LogP contribution in [0.25, 0.3) is 22.4 Å². The molecule has 3 aromatic rings. The van der Waals surface area contributed by atoms with Crippen LogP contribution in [-0.4, -0.2) is 37.4 Å². The Morgan fingerprint density at radius 1 is 1.12 bits per heavy atom. The molecule has 0 fully saturated rings. The predicted molar refractivity (Wildman–Crippen MR) is 90.8 cm³/mol. The third kappa shape index (κ3) is 3.29. The second kappa shape index (κ2) is 7.51. The van der Waals surface area contributed by atoms with Gasteiger partial charge in [0.05, 0.1) is 36.0 Å². The zero-order valence-corrected chi connectivity index (χ0v) is 14.2. The van der Waals surface area contributed by atoms with Crippen molar-refractivity contribution in [3.8, 4) is 23.0 Å². The lowest BCUT2D eigenvalue weighted by Gasteiger charge is -2.13. The Labute approximate surface area is 144 Å². The Hall–Kier alpha value is -2.31. The van der Waals surface area contributed by atoms with Gasteiger partial charge in [-0.2, -0.15) is 0 Å². The molecule has 126 valence electrons. The maximum Gasteiger partial charge on any atom is 0.228 e. The molecule has 0 saturated heterocycles. The molecule has 0 aliphatic heterocycles. The summed E-state index contributed by atoms with van der Waals surface area (Å²) < 4.78 is 21.5. The van der Waals surface area contributed by atoms with Crippen LogP contribution in [0.1, 0.15) is 6.42 Å². The van der Waals surface area contributed by atoms with Crippen molar-refractivity contribution in [2.24, 2.45) is 0 Å². The third-order valence-corrected chi connectivity index (χ3v) is 3.91. The SMILES string of the molecule is COCCCOc1cc2ncc(-c3ncco3)c(Cl)c2cc1OC. The maximum atomic E-state index is 6.51. The molecule has 0 saturated carbocycles. The van der Waals surface area contributed by atoms with E-state index >= 15 is 0 Å². The molecule has 0 aliphatic rings. The van der Waals surface area contributed by atoms with E-state index in [1.165, 1.54) is 6.26 Å². The highest BCUT2D eigenvalue weighted by Crippen LogP contribution is 2.38. The number of fused-ring (bicyclic) bond motifs is 1. The second-order valence-corrected chi connectivity index (χ2v) is 5.42. The van der Waals surface area contributed by atoms with Crippen molar-refractivity contribution in [2.45, 2.75) is 6.42 Å². The van der Waals surface area contributed by atoms with Gasteiger partial charge < -0.3 is 18.6 Å². The van der Waals surface area contributed by atoms with E-state index in [1.54, 1.807) is 26.6 Å². The van der Waals surface area contributed by atoms with Gasteiger partial charge in [0.1, 0.15) is 6.26 Å². The van der Waals surface area contributed by atoms with E-state index in [-0.39, 0.29) is 0 Å². The summed E-state index contributed by atoms with van der Waals surface area (Å²) in [6, 6.07) is 3.62. The number of hydrogen-bond acceptors (Lipinski definition) is 6. The van der Waals surface area contributed by atoms with E-state index in [4.69, 9.17) is 30.2 Å². The molecule has 1 aromatic carbocycles. The van der Waals surface area contributed by atoms with Crippen molar-refractivity contribution in [2.75, 3.05) is 27.4 Å². The molecule has 2 heterocycles. The van der Waals surface area contributed by atoms with Gasteiger partial charge in [0.2, 0.25) is 5.89 Å². The molecule has 0 atom stereocenters. The second-order valence-electron chi connectivity index (χ2n) is 5.04. The number of methoxy groups -OCH3 is 2. The fourth-order valence-electron chi connectivity index (χ4n) is 2.33. The number of rotatable bonds is 7. The summed E-state index contributed by atoms with van der Waals surface area (Å²) in [5.74, 6) is 1.63. The molecular weight excluding hydrogens is 332 g/mol. The number of ether oxygens (including phenoxy) is 3. The predicted octanol–water partition coefficient (Wildman–Crippen LogP) is 3.97. The fraction of sp³-hybridized carbons (Fsp3) is 0.294. The summed E-state index contributed by atoms with van der Waals surface area (Å²) in [7, 11) is 3.25. The average molecular weight is 349 g/mol. The number of benzene rings is 1. The van der Waals surface area contributed by atoms with Crippen LogP contribution in [0, 0.1) is 0 Å². The Kier molecular flexibility index (Phi) is 5.17. The Bertz CT molecular complexity index is 821. The van der Waals surface area contributed by atoms with Crippen LogP contribution in [0.15, 0.2) is 35.2 Å². The Morgan fingerprint density at radius 2 is 2.00 bits per heavy atom. The molecule has 0 unspecified atom stereocenters. The highest BCUT2D eigenvalue weighted by molar-refractivity contribution is 6.38. The van der Waals surface area contributed by atoms with Gasteiger partial charge in [0.25, 0.3) is 0 Å². The Morgan fingerprint density at radius 3 is 2.71 bits per heavy atom. The van der Waals surface area contributed by atoms with Crippen LogP contribution in [-0.2, 0) is 4.74 Å². The molecule has 7 heteroatoms. The van der Waals surface area contributed by atoms with Crippen molar-refractivity contribution in [1.29, 1.82) is 0 Å². The zero-order chi connectivity index (χ0) is 16.9. The lowest BCUT2D eigenvalue weighted by atomic mass is 10.1. The molecule has 0 spiro atoms. The minimum absolute atomic E-state index is 0.424. The van der Waals surface area contributed by atoms with Gasteiger partial charge in [-0.05, 0) is 6.07 Å². The highest BCUT2D eigenvalue weighted by atomic mass is 35.5. The first-order valence-corrected chi connectivity index (χ1v) is 7.80. The summed E-state index contributed by atoms with van der Waals surface area (Å²) in [5.41, 5.74) is 1.34. The van der Waals surface area contributed by atoms with Gasteiger partial charge in [-0.1, -0.05) is 11.6 Å². The molecule has 0 N–H and O–H groups in total. The first-order chi connectivity index (χ1) is 11.7. The van der Waals surface area contributed by atoms with Gasteiger partial charge in [0.15, 0.2) is 11.5 Å². The van der Waals surface area contributed by atoms with E-state index in [9.17, 15) is 0 Å². The third-order valence-electron chi connectivity index (χ3n) is 3.50. The van der Waals surface area contributed by atoms with Gasteiger partial charge in [-0.25, -0.2) is 4.98 Å². The van der Waals surface area contributed by atoms with Crippen LogP contribution in [0.2, 0.25) is 5.02 Å². The van der Waals surface area contributed by atoms with E-state index in [0.29, 0.717) is 46.7 Å². The lowest BCUT2D eigenvalue weighted by Crippen LogP contribution is -2.03.